The normalized spacial score (nSPS) is 13.7. The Labute approximate surface area is 134 Å². The molecule has 0 saturated heterocycles. The predicted octanol–water partition coefficient (Wildman–Crippen LogP) is 3.40. The van der Waals surface area contributed by atoms with Gasteiger partial charge >= 0.3 is 0 Å². The zero-order valence-electron chi connectivity index (χ0n) is 12.3. The topological polar surface area (TPSA) is 54.9 Å². The fourth-order valence-corrected chi connectivity index (χ4v) is 3.25. The highest BCUT2D eigenvalue weighted by Gasteiger charge is 2.20. The first-order valence-corrected chi connectivity index (χ1v) is 8.22. The molecule has 1 amide bonds. The van der Waals surface area contributed by atoms with Gasteiger partial charge in [-0.15, -0.1) is 11.3 Å². The number of carbonyl (C=O) groups excluding carboxylic acids is 1. The minimum atomic E-state index is -0.315. The number of aryl methyl sites for hydroxylation is 1. The quantitative estimate of drug-likeness (QED) is 0.830. The van der Waals surface area contributed by atoms with Crippen LogP contribution >= 0.6 is 24.0 Å². The molecular weight excluding hydrogens is 302 g/mol. The molecule has 21 heavy (non-hydrogen) atoms. The van der Waals surface area contributed by atoms with Crippen molar-refractivity contribution in [3.63, 3.8) is 0 Å². The molecule has 2 heterocycles. The number of nitrogens with zero attached hydrogens (tertiary/aromatic N) is 2. The van der Waals surface area contributed by atoms with Crippen molar-refractivity contribution in [2.45, 2.75) is 38.5 Å². The number of nitrogens with one attached hydrogen (secondary N) is 1. The first-order valence-electron chi connectivity index (χ1n) is 6.89. The van der Waals surface area contributed by atoms with E-state index in [1.807, 2.05) is 19.1 Å². The summed E-state index contributed by atoms with van der Waals surface area (Å²) in [6.07, 6.45) is 4.37. The van der Waals surface area contributed by atoms with Gasteiger partial charge in [-0.3, -0.25) is 9.78 Å². The van der Waals surface area contributed by atoms with E-state index in [9.17, 15) is 4.79 Å². The molecule has 2 aromatic rings. The fourth-order valence-electron chi connectivity index (χ4n) is 1.99. The summed E-state index contributed by atoms with van der Waals surface area (Å²) in [6.45, 7) is 5.80. The predicted molar refractivity (Wildman–Crippen MR) is 89.7 cm³/mol. The molecule has 0 bridgehead atoms. The van der Waals surface area contributed by atoms with E-state index in [1.165, 1.54) is 0 Å². The third-order valence-corrected chi connectivity index (χ3v) is 4.72. The summed E-state index contributed by atoms with van der Waals surface area (Å²) in [5.41, 5.74) is 1.96. The van der Waals surface area contributed by atoms with E-state index in [-0.39, 0.29) is 17.2 Å². The van der Waals surface area contributed by atoms with Crippen LogP contribution in [0.4, 0.5) is 0 Å². The van der Waals surface area contributed by atoms with E-state index in [0.29, 0.717) is 0 Å². The molecule has 0 fully saturated rings. The Balaban J connectivity index is 2.27. The lowest BCUT2D eigenvalue weighted by Crippen LogP contribution is -2.33. The van der Waals surface area contributed by atoms with Crippen molar-refractivity contribution >= 4 is 29.9 Å². The molecule has 2 rings (SSSR count). The molecule has 0 radical (unpaired) electrons. The molecule has 112 valence electrons. The van der Waals surface area contributed by atoms with Gasteiger partial charge in [-0.1, -0.05) is 6.92 Å². The largest absolute Gasteiger partial charge is 0.347 e. The molecule has 0 aromatic carbocycles. The molecule has 0 aliphatic heterocycles. The summed E-state index contributed by atoms with van der Waals surface area (Å²) >= 11 is 5.78. The van der Waals surface area contributed by atoms with Crippen molar-refractivity contribution < 1.29 is 4.79 Å². The smallest absolute Gasteiger partial charge is 0.233 e. The lowest BCUT2D eigenvalue weighted by molar-refractivity contribution is -0.121. The van der Waals surface area contributed by atoms with E-state index in [4.69, 9.17) is 0 Å². The van der Waals surface area contributed by atoms with Gasteiger partial charge in [0.2, 0.25) is 5.91 Å². The number of hydrogen-bond acceptors (Lipinski definition) is 5. The van der Waals surface area contributed by atoms with Crippen molar-refractivity contribution in [2.75, 3.05) is 0 Å². The van der Waals surface area contributed by atoms with Crippen LogP contribution in [-0.2, 0) is 4.79 Å². The van der Waals surface area contributed by atoms with Gasteiger partial charge in [-0.25, -0.2) is 4.98 Å². The lowest BCUT2D eigenvalue weighted by atomic mass is 10.1. The molecule has 0 saturated carbocycles. The number of carbonyl (C=O) groups is 1. The maximum atomic E-state index is 11.9. The standard InChI is InChI=1S/C15H19N3OS2/c1-4-12(18-14(19)10(3)20)13-9(2)17-15(21-13)11-6-5-7-16-8-11/h5-8,10,12,20H,4H2,1-3H3,(H,18,19). The zero-order valence-corrected chi connectivity index (χ0v) is 14.0. The third kappa shape index (κ3) is 3.83. The number of rotatable bonds is 5. The van der Waals surface area contributed by atoms with Crippen LogP contribution in [0.2, 0.25) is 0 Å². The van der Waals surface area contributed by atoms with E-state index in [0.717, 1.165) is 27.6 Å². The van der Waals surface area contributed by atoms with Gasteiger partial charge in [0.1, 0.15) is 5.01 Å². The molecule has 2 atom stereocenters. The Morgan fingerprint density at radius 1 is 1.52 bits per heavy atom. The Kier molecular flexibility index (Phi) is 5.36. The van der Waals surface area contributed by atoms with E-state index in [1.54, 1.807) is 30.7 Å². The first-order chi connectivity index (χ1) is 10.0. The highest BCUT2D eigenvalue weighted by molar-refractivity contribution is 7.81. The van der Waals surface area contributed by atoms with Gasteiger partial charge in [-0.2, -0.15) is 12.6 Å². The van der Waals surface area contributed by atoms with Crippen molar-refractivity contribution in [2.24, 2.45) is 0 Å². The van der Waals surface area contributed by atoms with Crippen LogP contribution in [0.15, 0.2) is 24.5 Å². The molecule has 2 unspecified atom stereocenters. The van der Waals surface area contributed by atoms with Crippen LogP contribution in [0.5, 0.6) is 0 Å². The van der Waals surface area contributed by atoms with Gasteiger partial charge in [0.25, 0.3) is 0 Å². The zero-order chi connectivity index (χ0) is 15.4. The van der Waals surface area contributed by atoms with Crippen LogP contribution in [-0.4, -0.2) is 21.1 Å². The molecule has 2 aromatic heterocycles. The van der Waals surface area contributed by atoms with Gasteiger partial charge in [-0.05, 0) is 32.4 Å². The van der Waals surface area contributed by atoms with E-state index >= 15 is 0 Å². The molecule has 0 aliphatic carbocycles. The monoisotopic (exact) mass is 321 g/mol. The molecule has 0 spiro atoms. The Morgan fingerprint density at radius 2 is 2.29 bits per heavy atom. The van der Waals surface area contributed by atoms with Gasteiger partial charge in [0.05, 0.1) is 21.9 Å². The molecule has 0 aliphatic rings. The van der Waals surface area contributed by atoms with Crippen molar-refractivity contribution in [3.8, 4) is 10.6 Å². The average Bonchev–Trinajstić information content (AvgIpc) is 2.87. The first kappa shape index (κ1) is 16.0. The Bertz CT molecular complexity index is 611. The summed E-state index contributed by atoms with van der Waals surface area (Å²) < 4.78 is 0. The second kappa shape index (κ2) is 7.04. The van der Waals surface area contributed by atoms with Gasteiger partial charge in [0.15, 0.2) is 0 Å². The molecule has 1 N–H and O–H groups in total. The van der Waals surface area contributed by atoms with Crippen LogP contribution in [0.1, 0.15) is 36.9 Å². The summed E-state index contributed by atoms with van der Waals surface area (Å²) in [5, 5.41) is 3.65. The second-order valence-corrected chi connectivity index (χ2v) is 6.66. The van der Waals surface area contributed by atoms with Crippen LogP contribution < -0.4 is 5.32 Å². The Hall–Kier alpha value is -1.40. The van der Waals surface area contributed by atoms with Crippen LogP contribution in [0, 0.1) is 6.92 Å². The maximum Gasteiger partial charge on any atom is 0.233 e. The highest BCUT2D eigenvalue weighted by Crippen LogP contribution is 2.32. The number of thiol groups is 1. The van der Waals surface area contributed by atoms with Crippen LogP contribution in [0.3, 0.4) is 0 Å². The fraction of sp³-hybridized carbons (Fsp3) is 0.400. The van der Waals surface area contributed by atoms with Crippen LogP contribution in [0.25, 0.3) is 10.6 Å². The van der Waals surface area contributed by atoms with E-state index < -0.39 is 0 Å². The maximum absolute atomic E-state index is 11.9. The summed E-state index contributed by atoms with van der Waals surface area (Å²) in [6, 6.07) is 3.87. The van der Waals surface area contributed by atoms with Crippen molar-refractivity contribution in [1.82, 2.24) is 15.3 Å². The number of amides is 1. The molecule has 6 heteroatoms. The Morgan fingerprint density at radius 3 is 2.86 bits per heavy atom. The third-order valence-electron chi connectivity index (χ3n) is 3.16. The van der Waals surface area contributed by atoms with Crippen molar-refractivity contribution in [3.05, 3.63) is 35.1 Å². The van der Waals surface area contributed by atoms with Gasteiger partial charge < -0.3 is 5.32 Å². The van der Waals surface area contributed by atoms with Gasteiger partial charge in [0, 0.05) is 18.0 Å². The number of hydrogen-bond donors (Lipinski definition) is 2. The second-order valence-electron chi connectivity index (χ2n) is 4.86. The van der Waals surface area contributed by atoms with Crippen molar-refractivity contribution in [1.29, 1.82) is 0 Å². The summed E-state index contributed by atoms with van der Waals surface area (Å²) in [5.74, 6) is -0.0547. The SMILES string of the molecule is CCC(NC(=O)C(C)S)c1sc(-c2cccnc2)nc1C. The summed E-state index contributed by atoms with van der Waals surface area (Å²) in [4.78, 5) is 21.7. The lowest BCUT2D eigenvalue weighted by Gasteiger charge is -2.17. The molecular formula is C15H19N3OS2. The number of thiazole rings is 1. The minimum absolute atomic E-state index is 0.0185. The van der Waals surface area contributed by atoms with E-state index in [2.05, 4.69) is 34.8 Å². The number of aromatic nitrogens is 2. The number of pyridine rings is 1. The highest BCUT2D eigenvalue weighted by atomic mass is 32.1. The minimum Gasteiger partial charge on any atom is -0.347 e. The average molecular weight is 321 g/mol. The molecule has 4 nitrogen and oxygen atoms in total. The summed E-state index contributed by atoms with van der Waals surface area (Å²) in [7, 11) is 0.